The molecule has 5 heteroatoms. The maximum absolute atomic E-state index is 6.08. The number of halogens is 1. The standard InChI is InChI=1S/C14H19BrN4/c1-4-19-14(13(16)10(3)18-19)17-9(2)11-6-5-7-12(15)8-11/h5-9,17H,4,16H2,1-3H3. The molecule has 2 aromatic rings. The number of nitrogens with zero attached hydrogens (tertiary/aromatic N) is 2. The normalized spacial score (nSPS) is 12.4. The molecule has 102 valence electrons. The van der Waals surface area contributed by atoms with Crippen molar-refractivity contribution in [3.63, 3.8) is 0 Å². The molecule has 19 heavy (non-hydrogen) atoms. The molecule has 1 aromatic carbocycles. The van der Waals surface area contributed by atoms with Crippen LogP contribution >= 0.6 is 15.9 Å². The molecule has 0 spiro atoms. The Balaban J connectivity index is 2.26. The number of nitrogens with two attached hydrogens (primary N) is 1. The van der Waals surface area contributed by atoms with E-state index in [-0.39, 0.29) is 6.04 Å². The highest BCUT2D eigenvalue weighted by atomic mass is 79.9. The average molecular weight is 323 g/mol. The fourth-order valence-electron chi connectivity index (χ4n) is 2.04. The number of anilines is 2. The number of nitrogen functional groups attached to an aromatic ring is 1. The van der Waals surface area contributed by atoms with E-state index in [0.717, 1.165) is 28.2 Å². The molecule has 0 aliphatic rings. The highest BCUT2D eigenvalue weighted by Gasteiger charge is 2.14. The van der Waals surface area contributed by atoms with Gasteiger partial charge in [-0.2, -0.15) is 5.10 Å². The van der Waals surface area contributed by atoms with Crippen LogP contribution in [0.3, 0.4) is 0 Å². The van der Waals surface area contributed by atoms with Gasteiger partial charge in [-0.15, -0.1) is 0 Å². The summed E-state index contributed by atoms with van der Waals surface area (Å²) in [7, 11) is 0. The summed E-state index contributed by atoms with van der Waals surface area (Å²) in [4.78, 5) is 0. The van der Waals surface area contributed by atoms with E-state index in [1.54, 1.807) is 0 Å². The Morgan fingerprint density at radius 2 is 2.21 bits per heavy atom. The van der Waals surface area contributed by atoms with Crippen molar-refractivity contribution in [1.29, 1.82) is 0 Å². The van der Waals surface area contributed by atoms with E-state index in [4.69, 9.17) is 5.73 Å². The second kappa shape index (κ2) is 5.65. The van der Waals surface area contributed by atoms with Crippen LogP contribution in [0.15, 0.2) is 28.7 Å². The number of hydrogen-bond donors (Lipinski definition) is 2. The van der Waals surface area contributed by atoms with E-state index in [9.17, 15) is 0 Å². The van der Waals surface area contributed by atoms with Crippen LogP contribution in [-0.4, -0.2) is 9.78 Å². The van der Waals surface area contributed by atoms with Crippen molar-refractivity contribution in [1.82, 2.24) is 9.78 Å². The molecular formula is C14H19BrN4. The molecule has 1 atom stereocenters. The summed E-state index contributed by atoms with van der Waals surface area (Å²) in [5, 5.41) is 7.86. The lowest BCUT2D eigenvalue weighted by Gasteiger charge is -2.17. The van der Waals surface area contributed by atoms with Crippen molar-refractivity contribution in [3.8, 4) is 0 Å². The smallest absolute Gasteiger partial charge is 0.148 e. The van der Waals surface area contributed by atoms with E-state index in [1.165, 1.54) is 5.56 Å². The Bertz CT molecular complexity index is 577. The minimum Gasteiger partial charge on any atom is -0.394 e. The zero-order valence-corrected chi connectivity index (χ0v) is 13.0. The van der Waals surface area contributed by atoms with Crippen LogP contribution in [0.25, 0.3) is 0 Å². The van der Waals surface area contributed by atoms with Gasteiger partial charge in [0.1, 0.15) is 5.82 Å². The van der Waals surface area contributed by atoms with Crippen molar-refractivity contribution in [2.45, 2.75) is 33.4 Å². The van der Waals surface area contributed by atoms with E-state index >= 15 is 0 Å². The second-order valence-corrected chi connectivity index (χ2v) is 5.50. The van der Waals surface area contributed by atoms with E-state index < -0.39 is 0 Å². The number of hydrogen-bond acceptors (Lipinski definition) is 3. The molecule has 1 unspecified atom stereocenters. The molecule has 0 radical (unpaired) electrons. The Hall–Kier alpha value is -1.49. The number of aryl methyl sites for hydroxylation is 2. The molecule has 0 bridgehead atoms. The van der Waals surface area contributed by atoms with Gasteiger partial charge in [0.2, 0.25) is 0 Å². The lowest BCUT2D eigenvalue weighted by Crippen LogP contribution is -2.12. The van der Waals surface area contributed by atoms with Crippen LogP contribution in [0.4, 0.5) is 11.5 Å². The minimum absolute atomic E-state index is 0.168. The first-order valence-electron chi connectivity index (χ1n) is 6.37. The first-order chi connectivity index (χ1) is 9.02. The molecule has 0 amide bonds. The first-order valence-corrected chi connectivity index (χ1v) is 7.17. The number of nitrogens with one attached hydrogen (secondary N) is 1. The van der Waals surface area contributed by atoms with E-state index in [1.807, 2.05) is 23.7 Å². The van der Waals surface area contributed by atoms with Crippen LogP contribution in [0.5, 0.6) is 0 Å². The highest BCUT2D eigenvalue weighted by molar-refractivity contribution is 9.10. The van der Waals surface area contributed by atoms with Crippen molar-refractivity contribution in [2.24, 2.45) is 0 Å². The van der Waals surface area contributed by atoms with Crippen LogP contribution < -0.4 is 11.1 Å². The fourth-order valence-corrected chi connectivity index (χ4v) is 2.46. The van der Waals surface area contributed by atoms with Crippen molar-refractivity contribution >= 4 is 27.4 Å². The van der Waals surface area contributed by atoms with Crippen LogP contribution in [0.2, 0.25) is 0 Å². The maximum Gasteiger partial charge on any atom is 0.148 e. The van der Waals surface area contributed by atoms with Crippen molar-refractivity contribution in [3.05, 3.63) is 40.0 Å². The number of rotatable bonds is 4. The van der Waals surface area contributed by atoms with Crippen molar-refractivity contribution < 1.29 is 0 Å². The molecule has 2 rings (SSSR count). The van der Waals surface area contributed by atoms with Crippen molar-refractivity contribution in [2.75, 3.05) is 11.1 Å². The molecule has 1 heterocycles. The van der Waals surface area contributed by atoms with Gasteiger partial charge in [-0.1, -0.05) is 28.1 Å². The third-order valence-corrected chi connectivity index (χ3v) is 3.67. The number of benzene rings is 1. The Morgan fingerprint density at radius 3 is 2.84 bits per heavy atom. The Kier molecular flexibility index (Phi) is 4.14. The van der Waals surface area contributed by atoms with Crippen LogP contribution in [0.1, 0.15) is 31.1 Å². The lowest BCUT2D eigenvalue weighted by molar-refractivity contribution is 0.651. The largest absolute Gasteiger partial charge is 0.394 e. The predicted octanol–water partition coefficient (Wildman–Crippen LogP) is 3.73. The second-order valence-electron chi connectivity index (χ2n) is 4.58. The summed E-state index contributed by atoms with van der Waals surface area (Å²) in [6.07, 6.45) is 0. The third-order valence-electron chi connectivity index (χ3n) is 3.18. The molecule has 0 aliphatic carbocycles. The summed E-state index contributed by atoms with van der Waals surface area (Å²) in [5.74, 6) is 0.896. The van der Waals surface area contributed by atoms with Gasteiger partial charge in [0.05, 0.1) is 17.4 Å². The molecule has 0 fully saturated rings. The molecule has 4 nitrogen and oxygen atoms in total. The van der Waals surface area contributed by atoms with Crippen LogP contribution in [0, 0.1) is 6.92 Å². The van der Waals surface area contributed by atoms with Crippen LogP contribution in [-0.2, 0) is 6.54 Å². The molecule has 1 aromatic heterocycles. The zero-order chi connectivity index (χ0) is 14.0. The van der Waals surface area contributed by atoms with Gasteiger partial charge < -0.3 is 11.1 Å². The van der Waals surface area contributed by atoms with E-state index in [2.05, 4.69) is 52.3 Å². The highest BCUT2D eigenvalue weighted by Crippen LogP contribution is 2.27. The van der Waals surface area contributed by atoms with Gasteiger partial charge >= 0.3 is 0 Å². The summed E-state index contributed by atoms with van der Waals surface area (Å²) < 4.78 is 2.98. The summed E-state index contributed by atoms with van der Waals surface area (Å²) in [6.45, 7) is 6.90. The molecule has 0 aliphatic heterocycles. The topological polar surface area (TPSA) is 55.9 Å². The molecule has 0 saturated carbocycles. The molecule has 0 saturated heterocycles. The van der Waals surface area contributed by atoms with Gasteiger partial charge in [0.25, 0.3) is 0 Å². The monoisotopic (exact) mass is 322 g/mol. The van der Waals surface area contributed by atoms with Gasteiger partial charge in [0.15, 0.2) is 0 Å². The Labute approximate surface area is 122 Å². The quantitative estimate of drug-likeness (QED) is 0.901. The first kappa shape index (κ1) is 13.9. The third kappa shape index (κ3) is 2.92. The summed E-state index contributed by atoms with van der Waals surface area (Å²) in [6, 6.07) is 8.42. The average Bonchev–Trinajstić information content (AvgIpc) is 2.66. The Morgan fingerprint density at radius 1 is 1.47 bits per heavy atom. The predicted molar refractivity (Wildman–Crippen MR) is 83.2 cm³/mol. The minimum atomic E-state index is 0.168. The summed E-state index contributed by atoms with van der Waals surface area (Å²) >= 11 is 3.49. The summed E-state index contributed by atoms with van der Waals surface area (Å²) in [5.41, 5.74) is 8.88. The SMILES string of the molecule is CCn1nc(C)c(N)c1NC(C)c1cccc(Br)c1. The molecular weight excluding hydrogens is 304 g/mol. The zero-order valence-electron chi connectivity index (χ0n) is 11.4. The van der Waals surface area contributed by atoms with E-state index in [0.29, 0.717) is 0 Å². The molecule has 3 N–H and O–H groups in total. The maximum atomic E-state index is 6.08. The van der Waals surface area contributed by atoms with Gasteiger partial charge in [-0.05, 0) is 38.5 Å². The fraction of sp³-hybridized carbons (Fsp3) is 0.357. The van der Waals surface area contributed by atoms with Gasteiger partial charge in [0, 0.05) is 11.0 Å². The number of aromatic nitrogens is 2. The van der Waals surface area contributed by atoms with Gasteiger partial charge in [-0.25, -0.2) is 4.68 Å². The van der Waals surface area contributed by atoms with Gasteiger partial charge in [-0.3, -0.25) is 0 Å². The lowest BCUT2D eigenvalue weighted by atomic mass is 10.1.